The molecule has 0 aliphatic heterocycles. The van der Waals surface area contributed by atoms with E-state index < -0.39 is 4.92 Å². The summed E-state index contributed by atoms with van der Waals surface area (Å²) in [6.45, 7) is 2.51. The van der Waals surface area contributed by atoms with E-state index in [9.17, 15) is 10.1 Å². The van der Waals surface area contributed by atoms with E-state index in [1.54, 1.807) is 23.6 Å². The number of nitrogens with zero attached hydrogens (tertiary/aromatic N) is 2. The molecule has 2 aromatic rings. The number of hydrogen-bond acceptors (Lipinski definition) is 6. The van der Waals surface area contributed by atoms with E-state index in [0.29, 0.717) is 12.3 Å². The number of furan rings is 1. The van der Waals surface area contributed by atoms with E-state index in [4.69, 9.17) is 4.42 Å². The lowest BCUT2D eigenvalue weighted by molar-refractivity contribution is -0.402. The topological polar surface area (TPSA) is 81.2 Å². The average Bonchev–Trinajstić information content (AvgIpc) is 3.00. The van der Waals surface area contributed by atoms with Crippen LogP contribution in [-0.4, -0.2) is 9.91 Å². The Bertz CT molecular complexity index is 509. The molecule has 2 heterocycles. The minimum Gasteiger partial charge on any atom is -0.404 e. The van der Waals surface area contributed by atoms with Gasteiger partial charge in [0, 0.05) is 11.6 Å². The van der Waals surface area contributed by atoms with Gasteiger partial charge in [-0.25, -0.2) is 4.98 Å². The van der Waals surface area contributed by atoms with Crippen molar-refractivity contribution in [2.75, 3.05) is 0 Å². The summed E-state index contributed by atoms with van der Waals surface area (Å²) >= 11 is 1.59. The Labute approximate surface area is 108 Å². The van der Waals surface area contributed by atoms with Gasteiger partial charge in [-0.3, -0.25) is 10.1 Å². The molecule has 0 saturated carbocycles. The van der Waals surface area contributed by atoms with Crippen molar-refractivity contribution in [2.45, 2.75) is 25.9 Å². The standard InChI is InChI=1S/C11H13N3O3S/c1-2-9(11-12-5-6-18-11)13-7-8-3-4-10(17-8)14(15)16/h3-6,9,13H,2,7H2,1H3. The van der Waals surface area contributed by atoms with Gasteiger partial charge in [0.25, 0.3) is 0 Å². The van der Waals surface area contributed by atoms with Gasteiger partial charge in [-0.1, -0.05) is 6.92 Å². The number of nitrogens with one attached hydrogen (secondary N) is 1. The fraction of sp³-hybridized carbons (Fsp3) is 0.364. The van der Waals surface area contributed by atoms with Crippen molar-refractivity contribution < 1.29 is 9.34 Å². The minimum absolute atomic E-state index is 0.147. The first-order valence-electron chi connectivity index (χ1n) is 5.56. The SMILES string of the molecule is CCC(NCc1ccc([N+](=O)[O-])o1)c1nccs1. The van der Waals surface area contributed by atoms with Crippen LogP contribution in [0.4, 0.5) is 5.88 Å². The molecule has 0 fully saturated rings. The van der Waals surface area contributed by atoms with Crippen molar-refractivity contribution in [3.8, 4) is 0 Å². The van der Waals surface area contributed by atoms with E-state index >= 15 is 0 Å². The molecule has 18 heavy (non-hydrogen) atoms. The highest BCUT2D eigenvalue weighted by molar-refractivity contribution is 7.09. The van der Waals surface area contributed by atoms with Crippen LogP contribution in [0.5, 0.6) is 0 Å². The van der Waals surface area contributed by atoms with Crippen LogP contribution in [0.1, 0.15) is 30.2 Å². The molecular formula is C11H13N3O3S. The second-order valence-electron chi connectivity index (χ2n) is 3.71. The second-order valence-corrected chi connectivity index (χ2v) is 4.64. The van der Waals surface area contributed by atoms with Crippen LogP contribution in [0.25, 0.3) is 0 Å². The summed E-state index contributed by atoms with van der Waals surface area (Å²) in [4.78, 5) is 14.2. The van der Waals surface area contributed by atoms with Crippen LogP contribution < -0.4 is 5.32 Å². The molecule has 2 aromatic heterocycles. The molecule has 0 bridgehead atoms. The van der Waals surface area contributed by atoms with Crippen LogP contribution in [0.3, 0.4) is 0 Å². The molecule has 7 heteroatoms. The minimum atomic E-state index is -0.540. The number of nitro groups is 1. The molecule has 2 rings (SSSR count). The number of aromatic nitrogens is 1. The molecule has 0 aliphatic rings. The van der Waals surface area contributed by atoms with Gasteiger partial charge in [-0.15, -0.1) is 11.3 Å². The van der Waals surface area contributed by atoms with Crippen LogP contribution in [0, 0.1) is 10.1 Å². The normalized spacial score (nSPS) is 12.5. The Kier molecular flexibility index (Phi) is 4.06. The lowest BCUT2D eigenvalue weighted by atomic mass is 10.2. The van der Waals surface area contributed by atoms with E-state index in [1.807, 2.05) is 5.38 Å². The quantitative estimate of drug-likeness (QED) is 0.643. The second kappa shape index (κ2) is 5.74. The van der Waals surface area contributed by atoms with Gasteiger partial charge >= 0.3 is 5.88 Å². The number of hydrogen-bond donors (Lipinski definition) is 1. The summed E-state index contributed by atoms with van der Waals surface area (Å²) in [6, 6.07) is 3.12. The number of rotatable bonds is 6. The molecule has 1 atom stereocenters. The maximum Gasteiger partial charge on any atom is 0.433 e. The smallest absolute Gasteiger partial charge is 0.404 e. The Morgan fingerprint density at radius 1 is 1.61 bits per heavy atom. The molecule has 0 aromatic carbocycles. The van der Waals surface area contributed by atoms with E-state index in [0.717, 1.165) is 11.4 Å². The maximum absolute atomic E-state index is 10.5. The van der Waals surface area contributed by atoms with Gasteiger partial charge in [0.15, 0.2) is 0 Å². The Balaban J connectivity index is 1.95. The summed E-state index contributed by atoms with van der Waals surface area (Å²) in [5.74, 6) is 0.325. The molecule has 0 radical (unpaired) electrons. The van der Waals surface area contributed by atoms with Crippen LogP contribution in [0.15, 0.2) is 28.1 Å². The maximum atomic E-state index is 10.5. The third-order valence-corrected chi connectivity index (χ3v) is 3.40. The largest absolute Gasteiger partial charge is 0.433 e. The zero-order valence-corrected chi connectivity index (χ0v) is 10.6. The molecule has 1 unspecified atom stereocenters. The molecule has 0 aliphatic carbocycles. The molecule has 1 N–H and O–H groups in total. The molecule has 0 amide bonds. The molecule has 96 valence electrons. The predicted molar refractivity (Wildman–Crippen MR) is 67.3 cm³/mol. The molecular weight excluding hydrogens is 254 g/mol. The van der Waals surface area contributed by atoms with Crippen molar-refractivity contribution in [3.05, 3.63) is 44.6 Å². The monoisotopic (exact) mass is 267 g/mol. The van der Waals surface area contributed by atoms with Crippen molar-refractivity contribution >= 4 is 17.2 Å². The van der Waals surface area contributed by atoms with Crippen molar-refractivity contribution in [3.63, 3.8) is 0 Å². The van der Waals surface area contributed by atoms with Gasteiger partial charge < -0.3 is 9.73 Å². The van der Waals surface area contributed by atoms with Crippen LogP contribution in [-0.2, 0) is 6.54 Å². The average molecular weight is 267 g/mol. The van der Waals surface area contributed by atoms with E-state index in [1.165, 1.54) is 6.07 Å². The Morgan fingerprint density at radius 2 is 2.44 bits per heavy atom. The van der Waals surface area contributed by atoms with Gasteiger partial charge in [0.05, 0.1) is 18.7 Å². The first-order valence-corrected chi connectivity index (χ1v) is 6.44. The van der Waals surface area contributed by atoms with Gasteiger partial charge in [-0.2, -0.15) is 0 Å². The van der Waals surface area contributed by atoms with Crippen molar-refractivity contribution in [1.82, 2.24) is 10.3 Å². The lowest BCUT2D eigenvalue weighted by Crippen LogP contribution is -2.19. The Hall–Kier alpha value is -1.73. The number of thiazole rings is 1. The van der Waals surface area contributed by atoms with Gasteiger partial charge in [0.2, 0.25) is 0 Å². The Morgan fingerprint density at radius 3 is 3.00 bits per heavy atom. The lowest BCUT2D eigenvalue weighted by Gasteiger charge is -2.12. The van der Waals surface area contributed by atoms with E-state index in [2.05, 4.69) is 17.2 Å². The third kappa shape index (κ3) is 2.93. The van der Waals surface area contributed by atoms with Crippen molar-refractivity contribution in [2.24, 2.45) is 0 Å². The highest BCUT2D eigenvalue weighted by atomic mass is 32.1. The fourth-order valence-electron chi connectivity index (χ4n) is 1.60. The summed E-state index contributed by atoms with van der Waals surface area (Å²) in [7, 11) is 0. The highest BCUT2D eigenvalue weighted by Gasteiger charge is 2.15. The van der Waals surface area contributed by atoms with Gasteiger partial charge in [-0.05, 0) is 12.5 Å². The van der Waals surface area contributed by atoms with Crippen LogP contribution >= 0.6 is 11.3 Å². The first-order chi connectivity index (χ1) is 8.70. The van der Waals surface area contributed by atoms with Crippen LogP contribution in [0.2, 0.25) is 0 Å². The first kappa shape index (κ1) is 12.7. The third-order valence-electron chi connectivity index (χ3n) is 2.51. The zero-order valence-electron chi connectivity index (χ0n) is 9.83. The van der Waals surface area contributed by atoms with E-state index in [-0.39, 0.29) is 11.9 Å². The van der Waals surface area contributed by atoms with Crippen molar-refractivity contribution in [1.29, 1.82) is 0 Å². The highest BCUT2D eigenvalue weighted by Crippen LogP contribution is 2.20. The summed E-state index contributed by atoms with van der Waals surface area (Å²) in [5, 5.41) is 16.7. The summed E-state index contributed by atoms with van der Waals surface area (Å²) in [6.07, 6.45) is 2.67. The molecule has 6 nitrogen and oxygen atoms in total. The van der Waals surface area contributed by atoms with Gasteiger partial charge in [0.1, 0.15) is 15.7 Å². The zero-order chi connectivity index (χ0) is 13.0. The molecule has 0 saturated heterocycles. The fourth-order valence-corrected chi connectivity index (χ4v) is 2.39. The summed E-state index contributed by atoms with van der Waals surface area (Å²) < 4.78 is 5.08. The predicted octanol–water partition coefficient (Wildman–Crippen LogP) is 2.89. The molecule has 0 spiro atoms. The summed E-state index contributed by atoms with van der Waals surface area (Å²) in [5.41, 5.74) is 0.